The van der Waals surface area contributed by atoms with Crippen LogP contribution in [0.2, 0.25) is 0 Å². The Hall–Kier alpha value is -4.46. The summed E-state index contributed by atoms with van der Waals surface area (Å²) >= 11 is 0. The molecule has 2 heterocycles. The zero-order valence-electron chi connectivity index (χ0n) is 17.6. The highest BCUT2D eigenvalue weighted by atomic mass is 19.4. The van der Waals surface area contributed by atoms with Crippen molar-refractivity contribution in [2.45, 2.75) is 6.18 Å². The molecular weight excluding hydrogens is 441 g/mol. The monoisotopic (exact) mass is 458 g/mol. The number of fused-ring (bicyclic) bond motifs is 3. The van der Waals surface area contributed by atoms with Crippen LogP contribution in [0.15, 0.2) is 90.0 Å². The number of pyridine rings is 1. The zero-order chi connectivity index (χ0) is 23.7. The number of para-hydroxylation sites is 1. The third-order valence-corrected chi connectivity index (χ3v) is 5.39. The standard InChI is InChI=1S/C26H17F3N4O/c27-26(28,29)18-12-10-16(11-13-18)15-30-33-25(34)22-14-20-19-8-4-5-9-21(19)31-24(20)23(32-22)17-6-2-1-3-7-17/h1-15,31H,(H,33,34)/b30-15-. The van der Waals surface area contributed by atoms with Crippen LogP contribution in [0.4, 0.5) is 13.2 Å². The number of halogens is 3. The van der Waals surface area contributed by atoms with Crippen LogP contribution >= 0.6 is 0 Å². The van der Waals surface area contributed by atoms with Gasteiger partial charge in [-0.25, -0.2) is 10.4 Å². The van der Waals surface area contributed by atoms with Crippen LogP contribution < -0.4 is 5.43 Å². The summed E-state index contributed by atoms with van der Waals surface area (Å²) in [6, 6.07) is 23.5. The molecule has 8 heteroatoms. The number of benzene rings is 3. The van der Waals surface area contributed by atoms with E-state index in [1.165, 1.54) is 18.3 Å². The summed E-state index contributed by atoms with van der Waals surface area (Å²) < 4.78 is 38.1. The summed E-state index contributed by atoms with van der Waals surface area (Å²) in [6.45, 7) is 0. The van der Waals surface area contributed by atoms with Crippen molar-refractivity contribution in [3.8, 4) is 11.3 Å². The Morgan fingerprint density at radius 2 is 1.62 bits per heavy atom. The van der Waals surface area contributed by atoms with E-state index in [-0.39, 0.29) is 5.69 Å². The molecule has 3 aromatic carbocycles. The van der Waals surface area contributed by atoms with Crippen molar-refractivity contribution in [1.82, 2.24) is 15.4 Å². The molecule has 0 saturated heterocycles. The molecule has 0 bridgehead atoms. The second-order valence-corrected chi connectivity index (χ2v) is 7.63. The van der Waals surface area contributed by atoms with Crippen LogP contribution in [0.3, 0.4) is 0 Å². The van der Waals surface area contributed by atoms with Crippen molar-refractivity contribution in [3.05, 3.63) is 102 Å². The molecule has 0 fully saturated rings. The molecule has 5 aromatic rings. The Morgan fingerprint density at radius 1 is 0.912 bits per heavy atom. The van der Waals surface area contributed by atoms with E-state index in [1.54, 1.807) is 6.07 Å². The maximum Gasteiger partial charge on any atom is 0.416 e. The fourth-order valence-corrected chi connectivity index (χ4v) is 3.75. The molecule has 0 aliphatic heterocycles. The van der Waals surface area contributed by atoms with Crippen molar-refractivity contribution in [2.24, 2.45) is 5.10 Å². The molecule has 5 rings (SSSR count). The first-order chi connectivity index (χ1) is 16.4. The highest BCUT2D eigenvalue weighted by Crippen LogP contribution is 2.32. The number of H-pyrrole nitrogens is 1. The van der Waals surface area contributed by atoms with Gasteiger partial charge in [0.25, 0.3) is 5.91 Å². The summed E-state index contributed by atoms with van der Waals surface area (Å²) in [6.07, 6.45) is -3.13. The topological polar surface area (TPSA) is 70.1 Å². The molecule has 34 heavy (non-hydrogen) atoms. The number of hydrogen-bond donors (Lipinski definition) is 2. The lowest BCUT2D eigenvalue weighted by Gasteiger charge is -2.07. The van der Waals surface area contributed by atoms with Gasteiger partial charge in [-0.15, -0.1) is 0 Å². The Morgan fingerprint density at radius 3 is 2.35 bits per heavy atom. The normalized spacial score (nSPS) is 12.0. The van der Waals surface area contributed by atoms with Gasteiger partial charge in [-0.3, -0.25) is 4.79 Å². The fourth-order valence-electron chi connectivity index (χ4n) is 3.75. The average molecular weight is 458 g/mol. The summed E-state index contributed by atoms with van der Waals surface area (Å²) in [5, 5.41) is 5.69. The van der Waals surface area contributed by atoms with Crippen LogP contribution in [-0.4, -0.2) is 22.1 Å². The highest BCUT2D eigenvalue weighted by molar-refractivity contribution is 6.13. The number of alkyl halides is 3. The molecule has 5 nitrogen and oxygen atoms in total. The number of aromatic nitrogens is 2. The third kappa shape index (κ3) is 4.13. The van der Waals surface area contributed by atoms with E-state index in [0.717, 1.165) is 39.5 Å². The lowest BCUT2D eigenvalue weighted by molar-refractivity contribution is -0.137. The number of aromatic amines is 1. The van der Waals surface area contributed by atoms with Crippen LogP contribution in [0.1, 0.15) is 21.6 Å². The van der Waals surface area contributed by atoms with E-state index < -0.39 is 17.6 Å². The van der Waals surface area contributed by atoms with Gasteiger partial charge < -0.3 is 4.98 Å². The molecule has 2 aromatic heterocycles. The smallest absolute Gasteiger partial charge is 0.353 e. The van der Waals surface area contributed by atoms with Crippen LogP contribution in [0.25, 0.3) is 33.1 Å². The van der Waals surface area contributed by atoms with Crippen molar-refractivity contribution in [3.63, 3.8) is 0 Å². The van der Waals surface area contributed by atoms with Gasteiger partial charge in [0.15, 0.2) is 0 Å². The van der Waals surface area contributed by atoms with Crippen LogP contribution in [0.5, 0.6) is 0 Å². The number of nitrogens with zero attached hydrogens (tertiary/aromatic N) is 2. The predicted octanol–water partition coefficient (Wildman–Crippen LogP) is 6.17. The number of hydrazone groups is 1. The quantitative estimate of drug-likeness (QED) is 0.250. The van der Waals surface area contributed by atoms with E-state index in [1.807, 2.05) is 54.6 Å². The maximum atomic E-state index is 12.9. The number of rotatable bonds is 4. The zero-order valence-corrected chi connectivity index (χ0v) is 17.6. The second-order valence-electron chi connectivity index (χ2n) is 7.63. The van der Waals surface area contributed by atoms with Crippen LogP contribution in [-0.2, 0) is 6.18 Å². The summed E-state index contributed by atoms with van der Waals surface area (Å²) in [4.78, 5) is 20.8. The minimum absolute atomic E-state index is 0.167. The number of carbonyl (C=O) groups excluding carboxylic acids is 1. The van der Waals surface area contributed by atoms with E-state index in [2.05, 4.69) is 20.5 Å². The van der Waals surface area contributed by atoms with Crippen molar-refractivity contribution in [1.29, 1.82) is 0 Å². The highest BCUT2D eigenvalue weighted by Gasteiger charge is 2.29. The minimum Gasteiger partial charge on any atom is -0.353 e. The van der Waals surface area contributed by atoms with Gasteiger partial charge in [0.05, 0.1) is 23.0 Å². The van der Waals surface area contributed by atoms with E-state index >= 15 is 0 Å². The van der Waals surface area contributed by atoms with Gasteiger partial charge in [0.2, 0.25) is 0 Å². The Balaban J connectivity index is 1.47. The molecule has 168 valence electrons. The molecular formula is C26H17F3N4O. The first-order valence-electron chi connectivity index (χ1n) is 10.4. The molecule has 0 saturated carbocycles. The van der Waals surface area contributed by atoms with Gasteiger partial charge in [-0.1, -0.05) is 60.7 Å². The number of amides is 1. The number of nitrogens with one attached hydrogen (secondary N) is 2. The van der Waals surface area contributed by atoms with Crippen molar-refractivity contribution < 1.29 is 18.0 Å². The van der Waals surface area contributed by atoms with E-state index in [4.69, 9.17) is 0 Å². The molecule has 2 N–H and O–H groups in total. The van der Waals surface area contributed by atoms with Crippen LogP contribution in [0, 0.1) is 0 Å². The largest absolute Gasteiger partial charge is 0.416 e. The van der Waals surface area contributed by atoms with Gasteiger partial charge in [-0.2, -0.15) is 18.3 Å². The van der Waals surface area contributed by atoms with Gasteiger partial charge in [0.1, 0.15) is 5.69 Å². The SMILES string of the molecule is O=C(N/N=C\c1ccc(C(F)(F)F)cc1)c1cc2c([nH]c3ccccc32)c(-c2ccccc2)n1. The van der Waals surface area contributed by atoms with Gasteiger partial charge in [-0.05, 0) is 29.8 Å². The third-order valence-electron chi connectivity index (χ3n) is 5.39. The average Bonchev–Trinajstić information content (AvgIpc) is 3.22. The first kappa shape index (κ1) is 21.4. The predicted molar refractivity (Wildman–Crippen MR) is 126 cm³/mol. The molecule has 0 aliphatic carbocycles. The maximum absolute atomic E-state index is 12.9. The molecule has 0 unspecified atom stereocenters. The van der Waals surface area contributed by atoms with Crippen molar-refractivity contribution >= 4 is 33.9 Å². The fraction of sp³-hybridized carbons (Fsp3) is 0.0385. The second kappa shape index (κ2) is 8.47. The first-order valence-corrected chi connectivity index (χ1v) is 10.4. The molecule has 0 aliphatic rings. The molecule has 0 radical (unpaired) electrons. The lowest BCUT2D eigenvalue weighted by Crippen LogP contribution is -2.19. The summed E-state index contributed by atoms with van der Waals surface area (Å²) in [5.74, 6) is -0.535. The summed E-state index contributed by atoms with van der Waals surface area (Å²) in [5.41, 5.74) is 5.46. The number of carbonyl (C=O) groups is 1. The lowest BCUT2D eigenvalue weighted by atomic mass is 10.1. The van der Waals surface area contributed by atoms with Gasteiger partial charge >= 0.3 is 6.18 Å². The summed E-state index contributed by atoms with van der Waals surface area (Å²) in [7, 11) is 0. The number of hydrogen-bond acceptors (Lipinski definition) is 3. The van der Waals surface area contributed by atoms with Gasteiger partial charge in [0, 0.05) is 21.9 Å². The molecule has 1 amide bonds. The minimum atomic E-state index is -4.41. The Bertz CT molecular complexity index is 1520. The van der Waals surface area contributed by atoms with Crippen molar-refractivity contribution in [2.75, 3.05) is 0 Å². The van der Waals surface area contributed by atoms with E-state index in [0.29, 0.717) is 11.3 Å². The van der Waals surface area contributed by atoms with E-state index in [9.17, 15) is 18.0 Å². The Labute approximate surface area is 192 Å². The molecule has 0 atom stereocenters. The molecule has 0 spiro atoms. The Kier molecular flexibility index (Phi) is 5.33.